The molecule has 160 valence electrons. The van der Waals surface area contributed by atoms with Crippen LogP contribution >= 0.6 is 22.9 Å². The van der Waals surface area contributed by atoms with E-state index in [1.165, 1.54) is 11.3 Å². The Bertz CT molecular complexity index is 1090. The van der Waals surface area contributed by atoms with Gasteiger partial charge in [0.2, 0.25) is 5.91 Å². The van der Waals surface area contributed by atoms with Crippen LogP contribution in [0.15, 0.2) is 53.9 Å². The normalized spacial score (nSPS) is 13.9. The molecule has 0 saturated carbocycles. The number of benzene rings is 2. The molecule has 0 aliphatic carbocycles. The summed E-state index contributed by atoms with van der Waals surface area (Å²) in [6.07, 6.45) is 0.241. The number of hydrogen-bond acceptors (Lipinski definition) is 5. The number of amides is 2. The molecule has 1 aliphatic rings. The summed E-state index contributed by atoms with van der Waals surface area (Å²) in [6, 6.07) is 14.7. The van der Waals surface area contributed by atoms with Gasteiger partial charge in [0.15, 0.2) is 0 Å². The molecular formula is C23H22ClN3O3S. The average Bonchev–Trinajstić information content (AvgIpc) is 3.27. The van der Waals surface area contributed by atoms with Crippen molar-refractivity contribution in [3.63, 3.8) is 0 Å². The fraction of sp³-hybridized carbons (Fsp3) is 0.261. The Kier molecular flexibility index (Phi) is 6.53. The van der Waals surface area contributed by atoms with Crippen LogP contribution in [0.3, 0.4) is 0 Å². The van der Waals surface area contributed by atoms with Gasteiger partial charge in [-0.15, -0.1) is 11.3 Å². The highest BCUT2D eigenvalue weighted by molar-refractivity contribution is 7.13. The summed E-state index contributed by atoms with van der Waals surface area (Å²) in [6.45, 7) is 2.03. The Balaban J connectivity index is 1.33. The van der Waals surface area contributed by atoms with Crippen LogP contribution in [0.4, 0.5) is 0 Å². The van der Waals surface area contributed by atoms with Crippen molar-refractivity contribution < 1.29 is 14.3 Å². The van der Waals surface area contributed by atoms with Crippen molar-refractivity contribution in [2.24, 2.45) is 0 Å². The molecule has 3 aromatic rings. The zero-order valence-corrected chi connectivity index (χ0v) is 18.7. The van der Waals surface area contributed by atoms with Gasteiger partial charge >= 0.3 is 0 Å². The molecule has 31 heavy (non-hydrogen) atoms. The zero-order valence-electron chi connectivity index (χ0n) is 17.1. The first-order valence-electron chi connectivity index (χ1n) is 9.95. The van der Waals surface area contributed by atoms with Gasteiger partial charge in [-0.25, -0.2) is 4.98 Å². The maximum atomic E-state index is 12.8. The van der Waals surface area contributed by atoms with E-state index >= 15 is 0 Å². The fourth-order valence-corrected chi connectivity index (χ4v) is 4.65. The molecule has 8 heteroatoms. The number of rotatable bonds is 5. The van der Waals surface area contributed by atoms with Crippen LogP contribution < -0.4 is 4.74 Å². The molecular weight excluding hydrogens is 434 g/mol. The van der Waals surface area contributed by atoms with E-state index in [0.29, 0.717) is 42.5 Å². The summed E-state index contributed by atoms with van der Waals surface area (Å²) in [5.41, 5.74) is 2.20. The molecule has 2 heterocycles. The van der Waals surface area contributed by atoms with E-state index in [4.69, 9.17) is 16.3 Å². The number of aromatic nitrogens is 1. The van der Waals surface area contributed by atoms with E-state index in [9.17, 15) is 9.59 Å². The first-order valence-corrected chi connectivity index (χ1v) is 11.2. The van der Waals surface area contributed by atoms with Gasteiger partial charge in [0.25, 0.3) is 5.91 Å². The summed E-state index contributed by atoms with van der Waals surface area (Å²) in [5.74, 6) is 0.624. The fourth-order valence-electron chi connectivity index (χ4n) is 3.51. The number of hydrogen-bond donors (Lipinski definition) is 0. The number of methoxy groups -OCH3 is 1. The summed E-state index contributed by atoms with van der Waals surface area (Å²) < 4.78 is 5.20. The van der Waals surface area contributed by atoms with Crippen LogP contribution in [0.25, 0.3) is 10.6 Å². The van der Waals surface area contributed by atoms with Crippen molar-refractivity contribution in [1.29, 1.82) is 0 Å². The maximum absolute atomic E-state index is 12.8. The van der Waals surface area contributed by atoms with Gasteiger partial charge in [0.05, 0.1) is 24.2 Å². The lowest BCUT2D eigenvalue weighted by molar-refractivity contribution is -0.132. The van der Waals surface area contributed by atoms with Gasteiger partial charge in [0, 0.05) is 42.7 Å². The van der Waals surface area contributed by atoms with E-state index in [1.807, 2.05) is 35.7 Å². The number of piperazine rings is 1. The molecule has 1 aromatic heterocycles. The Hall–Kier alpha value is -2.90. The Labute approximate surface area is 190 Å². The molecule has 0 atom stereocenters. The van der Waals surface area contributed by atoms with E-state index in [2.05, 4.69) is 4.98 Å². The molecule has 2 amide bonds. The molecule has 0 spiro atoms. The predicted octanol–water partition coefficient (Wildman–Crippen LogP) is 4.00. The second-order valence-electron chi connectivity index (χ2n) is 7.21. The van der Waals surface area contributed by atoms with E-state index in [0.717, 1.165) is 16.3 Å². The standard InChI is InChI=1S/C23H22ClN3O3S/c1-30-18-6-4-5-16(13-18)23(29)27-11-9-26(10-12-27)21(28)14-17-15-31-22(25-17)19-7-2-3-8-20(19)24/h2-8,13,15H,9-12,14H2,1H3. The summed E-state index contributed by atoms with van der Waals surface area (Å²) in [7, 11) is 1.58. The number of carbonyl (C=O) groups excluding carboxylic acids is 2. The van der Waals surface area contributed by atoms with Crippen LogP contribution in [0, 0.1) is 0 Å². The molecule has 1 aliphatic heterocycles. The molecule has 0 bridgehead atoms. The largest absolute Gasteiger partial charge is 0.497 e. The van der Waals surface area contributed by atoms with Gasteiger partial charge in [0.1, 0.15) is 10.8 Å². The molecule has 4 rings (SSSR count). The van der Waals surface area contributed by atoms with Gasteiger partial charge in [-0.1, -0.05) is 35.9 Å². The summed E-state index contributed by atoms with van der Waals surface area (Å²) in [5, 5.41) is 3.35. The minimum atomic E-state index is -0.0464. The second-order valence-corrected chi connectivity index (χ2v) is 8.47. The van der Waals surface area contributed by atoms with Crippen LogP contribution in [-0.4, -0.2) is 59.9 Å². The zero-order chi connectivity index (χ0) is 21.8. The highest BCUT2D eigenvalue weighted by Gasteiger charge is 2.25. The summed E-state index contributed by atoms with van der Waals surface area (Å²) >= 11 is 7.73. The van der Waals surface area contributed by atoms with Crippen molar-refractivity contribution in [2.45, 2.75) is 6.42 Å². The summed E-state index contributed by atoms with van der Waals surface area (Å²) in [4.78, 5) is 33.7. The SMILES string of the molecule is COc1cccc(C(=O)N2CCN(C(=O)Cc3csc(-c4ccccc4Cl)n3)CC2)c1. The quantitative estimate of drug-likeness (QED) is 0.583. The molecule has 1 fully saturated rings. The van der Waals surface area contributed by atoms with Crippen molar-refractivity contribution in [1.82, 2.24) is 14.8 Å². The molecule has 2 aromatic carbocycles. The molecule has 6 nitrogen and oxygen atoms in total. The molecule has 0 unspecified atom stereocenters. The number of halogens is 1. The van der Waals surface area contributed by atoms with Crippen molar-refractivity contribution in [2.75, 3.05) is 33.3 Å². The van der Waals surface area contributed by atoms with Crippen LogP contribution in [0.1, 0.15) is 16.1 Å². The van der Waals surface area contributed by atoms with Crippen LogP contribution in [0.2, 0.25) is 5.02 Å². The number of ether oxygens (including phenoxy) is 1. The smallest absolute Gasteiger partial charge is 0.254 e. The van der Waals surface area contributed by atoms with Crippen molar-refractivity contribution >= 4 is 34.8 Å². The van der Waals surface area contributed by atoms with Gasteiger partial charge in [-0.05, 0) is 24.3 Å². The Morgan fingerprint density at radius 2 is 1.81 bits per heavy atom. The molecule has 1 saturated heterocycles. The number of carbonyl (C=O) groups is 2. The highest BCUT2D eigenvalue weighted by Crippen LogP contribution is 2.30. The second kappa shape index (κ2) is 9.49. The topological polar surface area (TPSA) is 62.7 Å². The van der Waals surface area contributed by atoms with Gasteiger partial charge in [-0.3, -0.25) is 9.59 Å². The Morgan fingerprint density at radius 3 is 2.55 bits per heavy atom. The van der Waals surface area contributed by atoms with Crippen molar-refractivity contribution in [3.05, 3.63) is 70.2 Å². The van der Waals surface area contributed by atoms with Crippen molar-refractivity contribution in [3.8, 4) is 16.3 Å². The van der Waals surface area contributed by atoms with Crippen LogP contribution in [0.5, 0.6) is 5.75 Å². The number of thiazole rings is 1. The predicted molar refractivity (Wildman–Crippen MR) is 122 cm³/mol. The van der Waals surface area contributed by atoms with E-state index in [-0.39, 0.29) is 18.2 Å². The first kappa shape index (κ1) is 21.3. The van der Waals surface area contributed by atoms with E-state index < -0.39 is 0 Å². The molecule has 0 radical (unpaired) electrons. The van der Waals surface area contributed by atoms with Gasteiger partial charge in [-0.2, -0.15) is 0 Å². The monoisotopic (exact) mass is 455 g/mol. The number of nitrogens with zero attached hydrogens (tertiary/aromatic N) is 3. The minimum absolute atomic E-state index is 0.0180. The maximum Gasteiger partial charge on any atom is 0.254 e. The lowest BCUT2D eigenvalue weighted by Gasteiger charge is -2.34. The average molecular weight is 456 g/mol. The van der Waals surface area contributed by atoms with Gasteiger partial charge < -0.3 is 14.5 Å². The third kappa shape index (κ3) is 4.89. The van der Waals surface area contributed by atoms with E-state index in [1.54, 1.807) is 35.1 Å². The Morgan fingerprint density at radius 1 is 1.06 bits per heavy atom. The minimum Gasteiger partial charge on any atom is -0.497 e. The third-order valence-electron chi connectivity index (χ3n) is 5.22. The lowest BCUT2D eigenvalue weighted by atomic mass is 10.1. The third-order valence-corrected chi connectivity index (χ3v) is 6.48. The highest BCUT2D eigenvalue weighted by atomic mass is 35.5. The first-order chi connectivity index (χ1) is 15.0. The lowest BCUT2D eigenvalue weighted by Crippen LogP contribution is -2.51. The molecule has 0 N–H and O–H groups in total. The van der Waals surface area contributed by atoms with Crippen LogP contribution in [-0.2, 0) is 11.2 Å².